The molecule has 3 aromatic rings. The molecule has 40 heavy (non-hydrogen) atoms. The van der Waals surface area contributed by atoms with Crippen LogP contribution in [0.25, 0.3) is 22.6 Å². The van der Waals surface area contributed by atoms with Crippen molar-refractivity contribution in [3.8, 4) is 28.4 Å². The van der Waals surface area contributed by atoms with E-state index < -0.39 is 24.2 Å². The number of aliphatic hydroxyl groups excluding tert-OH is 1. The van der Waals surface area contributed by atoms with Crippen LogP contribution in [0.2, 0.25) is 0 Å². The predicted octanol–water partition coefficient (Wildman–Crippen LogP) is 4.52. The molecule has 4 heterocycles. The Morgan fingerprint density at radius 3 is 2.50 bits per heavy atom. The van der Waals surface area contributed by atoms with E-state index in [1.54, 1.807) is 21.1 Å². The molecule has 0 spiro atoms. The topological polar surface area (TPSA) is 98.3 Å². The zero-order valence-corrected chi connectivity index (χ0v) is 23.6. The van der Waals surface area contributed by atoms with Crippen molar-refractivity contribution >= 4 is 5.91 Å². The van der Waals surface area contributed by atoms with Gasteiger partial charge in [0.2, 0.25) is 5.82 Å². The third-order valence-corrected chi connectivity index (χ3v) is 8.23. The number of rotatable bonds is 5. The minimum atomic E-state index is -4.53. The molecule has 12 heteroatoms. The molecule has 2 aliphatic rings. The monoisotopic (exact) mass is 560 g/mol. The quantitative estimate of drug-likeness (QED) is 0.493. The minimum Gasteiger partial charge on any atom is -0.496 e. The second-order valence-corrected chi connectivity index (χ2v) is 12.0. The fraction of sp³-hybridized carbons (Fsp3) is 0.571. The number of nitrogens with zero attached hydrogens (tertiary/aromatic N) is 6. The number of amides is 1. The summed E-state index contributed by atoms with van der Waals surface area (Å²) in [6, 6.07) is 5.80. The van der Waals surface area contributed by atoms with E-state index in [-0.39, 0.29) is 17.9 Å². The van der Waals surface area contributed by atoms with Crippen LogP contribution in [-0.2, 0) is 25.4 Å². The lowest BCUT2D eigenvalue weighted by atomic mass is 9.83. The molecule has 1 amide bonds. The van der Waals surface area contributed by atoms with Gasteiger partial charge in [-0.05, 0) is 66.1 Å². The molecule has 5 rings (SSSR count). The van der Waals surface area contributed by atoms with Crippen LogP contribution in [0.5, 0.6) is 5.75 Å². The molecule has 0 aliphatic carbocycles. The van der Waals surface area contributed by atoms with Gasteiger partial charge < -0.3 is 19.3 Å². The molecule has 0 saturated carbocycles. The highest BCUT2D eigenvalue weighted by Gasteiger charge is 2.49. The molecule has 1 N–H and O–H groups in total. The largest absolute Gasteiger partial charge is 0.496 e. The highest BCUT2D eigenvalue weighted by atomic mass is 19.4. The molecular weight excluding hydrogens is 525 g/mol. The minimum absolute atomic E-state index is 0.284. The van der Waals surface area contributed by atoms with Crippen molar-refractivity contribution in [1.82, 2.24) is 29.7 Å². The number of aliphatic hydroxyl groups is 1. The summed E-state index contributed by atoms with van der Waals surface area (Å²) in [6.45, 7) is 8.54. The lowest BCUT2D eigenvalue weighted by Gasteiger charge is -2.39. The van der Waals surface area contributed by atoms with E-state index in [1.807, 2.05) is 22.8 Å². The fourth-order valence-electron chi connectivity index (χ4n) is 6.08. The van der Waals surface area contributed by atoms with Gasteiger partial charge in [-0.1, -0.05) is 20.8 Å². The highest BCUT2D eigenvalue weighted by molar-refractivity contribution is 5.96. The molecule has 1 saturated heterocycles. The van der Waals surface area contributed by atoms with Crippen LogP contribution in [0.3, 0.4) is 0 Å². The number of hydrogen-bond acceptors (Lipinski definition) is 6. The molecule has 2 aliphatic heterocycles. The van der Waals surface area contributed by atoms with Gasteiger partial charge in [-0.15, -0.1) is 10.2 Å². The lowest BCUT2D eigenvalue weighted by molar-refractivity contribution is -0.166. The van der Waals surface area contributed by atoms with Crippen LogP contribution in [0.15, 0.2) is 18.2 Å². The highest BCUT2D eigenvalue weighted by Crippen LogP contribution is 2.45. The fourth-order valence-corrected chi connectivity index (χ4v) is 6.08. The molecule has 2 atom stereocenters. The number of aryl methyl sites for hydroxylation is 2. The molecule has 0 radical (unpaired) electrons. The van der Waals surface area contributed by atoms with Crippen molar-refractivity contribution in [2.24, 2.45) is 7.05 Å². The van der Waals surface area contributed by atoms with Crippen LogP contribution in [0.4, 0.5) is 13.2 Å². The lowest BCUT2D eigenvalue weighted by Crippen LogP contribution is -2.54. The SMILES string of the molecule is COc1cc2c(cc1-c1nnn(C)n1)-c1c(C(C)(C)C)cc(C(=O)N3CCC[C@@]3(C)[C@@H](O)CC(F)(F)F)n1CC2. The normalized spacial score (nSPS) is 19.9. The van der Waals surface area contributed by atoms with Crippen molar-refractivity contribution < 1.29 is 27.8 Å². The van der Waals surface area contributed by atoms with Gasteiger partial charge >= 0.3 is 6.18 Å². The molecule has 1 fully saturated rings. The van der Waals surface area contributed by atoms with E-state index in [2.05, 4.69) is 36.2 Å². The third-order valence-electron chi connectivity index (χ3n) is 8.23. The van der Waals surface area contributed by atoms with Gasteiger partial charge in [0.25, 0.3) is 5.91 Å². The van der Waals surface area contributed by atoms with Crippen molar-refractivity contribution in [2.75, 3.05) is 13.7 Å². The van der Waals surface area contributed by atoms with E-state index in [0.29, 0.717) is 48.6 Å². The molecule has 1 aromatic carbocycles. The van der Waals surface area contributed by atoms with Crippen molar-refractivity contribution in [1.29, 1.82) is 0 Å². The summed E-state index contributed by atoms with van der Waals surface area (Å²) in [5.74, 6) is 0.656. The van der Waals surface area contributed by atoms with Gasteiger partial charge in [-0.2, -0.15) is 18.0 Å². The average Bonchev–Trinajstić information content (AvgIpc) is 3.58. The van der Waals surface area contributed by atoms with Gasteiger partial charge in [-0.3, -0.25) is 4.79 Å². The third kappa shape index (κ3) is 4.76. The first-order chi connectivity index (χ1) is 18.6. The summed E-state index contributed by atoms with van der Waals surface area (Å²) in [6.07, 6.45) is -6.16. The van der Waals surface area contributed by atoms with Crippen LogP contribution >= 0.6 is 0 Å². The molecule has 9 nitrogen and oxygen atoms in total. The maximum absolute atomic E-state index is 14.1. The predicted molar refractivity (Wildman–Crippen MR) is 142 cm³/mol. The molecular formula is C28H35F3N6O3. The number of likely N-dealkylation sites (tertiary alicyclic amines) is 1. The Hall–Kier alpha value is -3.41. The first-order valence-electron chi connectivity index (χ1n) is 13.4. The Kier molecular flexibility index (Phi) is 6.75. The smallest absolute Gasteiger partial charge is 0.391 e. The number of benzene rings is 1. The van der Waals surface area contributed by atoms with Crippen molar-refractivity contribution in [3.63, 3.8) is 0 Å². The van der Waals surface area contributed by atoms with Gasteiger partial charge in [0.05, 0.1) is 43.5 Å². The van der Waals surface area contributed by atoms with Crippen molar-refractivity contribution in [3.05, 3.63) is 35.0 Å². The van der Waals surface area contributed by atoms with Gasteiger partial charge in [0.15, 0.2) is 0 Å². The number of ether oxygens (including phenoxy) is 1. The number of aromatic nitrogens is 5. The van der Waals surface area contributed by atoms with E-state index >= 15 is 0 Å². The Morgan fingerprint density at radius 2 is 1.90 bits per heavy atom. The number of tetrazole rings is 1. The number of methoxy groups -OCH3 is 1. The molecule has 2 aromatic heterocycles. The summed E-state index contributed by atoms with van der Waals surface area (Å²) >= 11 is 0. The van der Waals surface area contributed by atoms with E-state index in [9.17, 15) is 23.1 Å². The van der Waals surface area contributed by atoms with Crippen LogP contribution in [0, 0.1) is 0 Å². The number of halogens is 3. The van der Waals surface area contributed by atoms with Crippen LogP contribution in [0.1, 0.15) is 68.6 Å². The number of hydrogen-bond donors (Lipinski definition) is 1. The Balaban J connectivity index is 1.64. The number of fused-ring (bicyclic) bond motifs is 3. The molecule has 0 bridgehead atoms. The van der Waals surface area contributed by atoms with Crippen molar-refractivity contribution in [2.45, 2.75) is 83.2 Å². The zero-order chi connectivity index (χ0) is 29.2. The number of carbonyl (C=O) groups excluding carboxylic acids is 1. The van der Waals surface area contributed by atoms with Gasteiger partial charge in [-0.25, -0.2) is 0 Å². The summed E-state index contributed by atoms with van der Waals surface area (Å²) < 4.78 is 47.2. The summed E-state index contributed by atoms with van der Waals surface area (Å²) in [5, 5.41) is 23.1. The Morgan fingerprint density at radius 1 is 1.18 bits per heavy atom. The first kappa shape index (κ1) is 28.1. The molecule has 216 valence electrons. The maximum atomic E-state index is 14.1. The van der Waals surface area contributed by atoms with E-state index in [0.717, 1.165) is 22.4 Å². The summed E-state index contributed by atoms with van der Waals surface area (Å²) in [7, 11) is 3.27. The maximum Gasteiger partial charge on any atom is 0.391 e. The summed E-state index contributed by atoms with van der Waals surface area (Å²) in [5.41, 5.74) is 3.19. The first-order valence-corrected chi connectivity index (χ1v) is 13.4. The van der Waals surface area contributed by atoms with Crippen LogP contribution in [-0.4, -0.2) is 72.2 Å². The standard InChI is InChI=1S/C28H35F3N6O3/c1-26(2,3)19-14-20(25(39)37-10-7-9-27(37,4)22(38)15-28(29,30)31)36-11-8-16-12-21(40-6)18(13-17(16)23(19)36)24-32-34-35(5)33-24/h12-14,22,38H,7-11,15H2,1-6H3/t22-,27-/m0/s1. The number of carbonyl (C=O) groups is 1. The second kappa shape index (κ2) is 9.60. The average molecular weight is 561 g/mol. The van der Waals surface area contributed by atoms with Crippen LogP contribution < -0.4 is 4.74 Å². The Labute approximate surface area is 230 Å². The van der Waals surface area contributed by atoms with Gasteiger partial charge in [0, 0.05) is 18.7 Å². The van der Waals surface area contributed by atoms with E-state index in [1.165, 1.54) is 9.70 Å². The summed E-state index contributed by atoms with van der Waals surface area (Å²) in [4.78, 5) is 16.9. The van der Waals surface area contributed by atoms with Gasteiger partial charge in [0.1, 0.15) is 11.4 Å². The Bertz CT molecular complexity index is 1450. The second-order valence-electron chi connectivity index (χ2n) is 12.0. The number of alkyl halides is 3. The van der Waals surface area contributed by atoms with E-state index in [4.69, 9.17) is 4.74 Å². The molecule has 0 unspecified atom stereocenters. The zero-order valence-electron chi connectivity index (χ0n) is 23.6.